The van der Waals surface area contributed by atoms with Gasteiger partial charge in [-0.05, 0) is 42.5 Å². The number of ether oxygens (including phenoxy) is 1. The summed E-state index contributed by atoms with van der Waals surface area (Å²) >= 11 is 3.35. The van der Waals surface area contributed by atoms with E-state index in [9.17, 15) is 4.79 Å². The molecule has 1 amide bonds. The average Bonchev–Trinajstić information content (AvgIpc) is 3.08. The highest BCUT2D eigenvalue weighted by atomic mass is 79.9. The zero-order valence-electron chi connectivity index (χ0n) is 12.0. The number of rotatable bonds is 5. The number of hydrogen-bond donors (Lipinski definition) is 1. The number of amides is 1. The predicted molar refractivity (Wildman–Crippen MR) is 90.2 cm³/mol. The molecule has 0 bridgehead atoms. The molecule has 3 rings (SSSR count). The molecule has 0 spiro atoms. The van der Waals surface area contributed by atoms with Crippen molar-refractivity contribution in [3.8, 4) is 17.1 Å². The lowest BCUT2D eigenvalue weighted by Crippen LogP contribution is -2.20. The highest BCUT2D eigenvalue weighted by molar-refractivity contribution is 9.10. The van der Waals surface area contributed by atoms with Gasteiger partial charge in [0.1, 0.15) is 5.75 Å². The van der Waals surface area contributed by atoms with E-state index in [1.807, 2.05) is 24.3 Å². The maximum Gasteiger partial charge on any atom is 0.262 e. The minimum Gasteiger partial charge on any atom is -0.484 e. The first-order valence-corrected chi connectivity index (χ1v) is 7.67. The van der Waals surface area contributed by atoms with Gasteiger partial charge in [-0.2, -0.15) is 0 Å². The van der Waals surface area contributed by atoms with Crippen molar-refractivity contribution in [1.82, 2.24) is 4.98 Å². The molecule has 0 unspecified atom stereocenters. The fraction of sp³-hybridized carbons (Fsp3) is 0.0588. The number of oxazole rings is 1. The number of carbonyl (C=O) groups is 1. The van der Waals surface area contributed by atoms with Crippen LogP contribution in [0.15, 0.2) is 70.0 Å². The third-order valence-corrected chi connectivity index (χ3v) is 3.54. The zero-order valence-corrected chi connectivity index (χ0v) is 13.6. The van der Waals surface area contributed by atoms with E-state index in [4.69, 9.17) is 9.15 Å². The molecule has 5 nitrogen and oxygen atoms in total. The van der Waals surface area contributed by atoms with Gasteiger partial charge in [0, 0.05) is 15.7 Å². The van der Waals surface area contributed by atoms with Gasteiger partial charge in [0.05, 0.1) is 6.20 Å². The number of halogens is 1. The van der Waals surface area contributed by atoms with Gasteiger partial charge in [-0.15, -0.1) is 0 Å². The van der Waals surface area contributed by atoms with E-state index < -0.39 is 0 Å². The largest absolute Gasteiger partial charge is 0.484 e. The fourth-order valence-corrected chi connectivity index (χ4v) is 2.36. The van der Waals surface area contributed by atoms with E-state index in [1.54, 1.807) is 30.5 Å². The quantitative estimate of drug-likeness (QED) is 0.731. The molecule has 1 N–H and O–H groups in total. The summed E-state index contributed by atoms with van der Waals surface area (Å²) in [6.45, 7) is -0.0552. The lowest BCUT2D eigenvalue weighted by Gasteiger charge is -2.08. The van der Waals surface area contributed by atoms with Crippen molar-refractivity contribution in [3.05, 3.63) is 65.6 Å². The Kier molecular flexibility index (Phi) is 4.73. The molecule has 0 aliphatic carbocycles. The summed E-state index contributed by atoms with van der Waals surface area (Å²) in [5, 5.41) is 2.78. The molecule has 23 heavy (non-hydrogen) atoms. The van der Waals surface area contributed by atoms with Crippen molar-refractivity contribution < 1.29 is 13.9 Å². The van der Waals surface area contributed by atoms with E-state index in [0.717, 1.165) is 10.0 Å². The summed E-state index contributed by atoms with van der Waals surface area (Å²) in [4.78, 5) is 15.8. The van der Waals surface area contributed by atoms with Crippen molar-refractivity contribution in [2.75, 3.05) is 11.9 Å². The number of hydrogen-bond acceptors (Lipinski definition) is 4. The third-order valence-electron chi connectivity index (χ3n) is 3.05. The predicted octanol–water partition coefficient (Wildman–Crippen LogP) is 4.12. The Morgan fingerprint density at radius 3 is 2.74 bits per heavy atom. The van der Waals surface area contributed by atoms with Crippen molar-refractivity contribution in [1.29, 1.82) is 0 Å². The standard InChI is InChI=1S/C17H13BrN2O3/c18-13-2-1-3-15(8-13)22-10-17(21)20-14-6-4-12(5-7-14)16-9-19-11-23-16/h1-9,11H,10H2,(H,20,21). The van der Waals surface area contributed by atoms with Gasteiger partial charge in [0.2, 0.25) is 0 Å². The van der Waals surface area contributed by atoms with E-state index in [-0.39, 0.29) is 12.5 Å². The first-order valence-electron chi connectivity index (χ1n) is 6.88. The highest BCUT2D eigenvalue weighted by Gasteiger charge is 2.05. The zero-order chi connectivity index (χ0) is 16.1. The van der Waals surface area contributed by atoms with E-state index in [0.29, 0.717) is 17.2 Å². The first-order chi connectivity index (χ1) is 11.2. The number of nitrogens with one attached hydrogen (secondary N) is 1. The number of nitrogens with zero attached hydrogens (tertiary/aromatic N) is 1. The molecule has 3 aromatic rings. The minimum absolute atomic E-state index is 0.0552. The van der Waals surface area contributed by atoms with Crippen LogP contribution in [0.5, 0.6) is 5.75 Å². The molecule has 0 radical (unpaired) electrons. The topological polar surface area (TPSA) is 64.4 Å². The molecule has 0 aliphatic rings. The van der Waals surface area contributed by atoms with Crippen molar-refractivity contribution in [3.63, 3.8) is 0 Å². The Labute approximate surface area is 141 Å². The van der Waals surface area contributed by atoms with Gasteiger partial charge in [-0.3, -0.25) is 4.79 Å². The smallest absolute Gasteiger partial charge is 0.262 e. The fourth-order valence-electron chi connectivity index (χ4n) is 1.98. The van der Waals surface area contributed by atoms with Crippen LogP contribution in [0.2, 0.25) is 0 Å². The summed E-state index contributed by atoms with van der Waals surface area (Å²) in [6.07, 6.45) is 3.02. The average molecular weight is 373 g/mol. The van der Waals surface area contributed by atoms with Crippen LogP contribution in [0.4, 0.5) is 5.69 Å². The molecule has 0 aliphatic heterocycles. The van der Waals surface area contributed by atoms with Crippen molar-refractivity contribution in [2.24, 2.45) is 0 Å². The van der Waals surface area contributed by atoms with E-state index in [1.165, 1.54) is 6.39 Å². The SMILES string of the molecule is O=C(COc1cccc(Br)c1)Nc1ccc(-c2cnco2)cc1. The van der Waals surface area contributed by atoms with Crippen LogP contribution in [0.1, 0.15) is 0 Å². The van der Waals surface area contributed by atoms with E-state index in [2.05, 4.69) is 26.2 Å². The molecule has 1 heterocycles. The second kappa shape index (κ2) is 7.11. The van der Waals surface area contributed by atoms with Gasteiger partial charge in [0.25, 0.3) is 5.91 Å². The van der Waals surface area contributed by atoms with Gasteiger partial charge in [-0.1, -0.05) is 22.0 Å². The maximum atomic E-state index is 11.9. The van der Waals surface area contributed by atoms with Crippen LogP contribution in [-0.4, -0.2) is 17.5 Å². The van der Waals surface area contributed by atoms with Gasteiger partial charge >= 0.3 is 0 Å². The Hall–Kier alpha value is -2.60. The van der Waals surface area contributed by atoms with Crippen LogP contribution >= 0.6 is 15.9 Å². The molecule has 6 heteroatoms. The molecule has 0 fully saturated rings. The van der Waals surface area contributed by atoms with Crippen LogP contribution in [0.3, 0.4) is 0 Å². The molecule has 0 saturated carbocycles. The number of carbonyl (C=O) groups excluding carboxylic acids is 1. The summed E-state index contributed by atoms with van der Waals surface area (Å²) in [5.41, 5.74) is 1.59. The molecular weight excluding hydrogens is 360 g/mol. The monoisotopic (exact) mass is 372 g/mol. The maximum absolute atomic E-state index is 11.9. The molecule has 1 aromatic heterocycles. The van der Waals surface area contributed by atoms with Crippen molar-refractivity contribution >= 4 is 27.5 Å². The highest BCUT2D eigenvalue weighted by Crippen LogP contribution is 2.21. The molecule has 0 saturated heterocycles. The normalized spacial score (nSPS) is 10.3. The summed E-state index contributed by atoms with van der Waals surface area (Å²) in [7, 11) is 0. The number of aromatic nitrogens is 1. The van der Waals surface area contributed by atoms with E-state index >= 15 is 0 Å². The van der Waals surface area contributed by atoms with Gasteiger partial charge in [0.15, 0.2) is 18.8 Å². The second-order valence-corrected chi connectivity index (χ2v) is 5.65. The number of benzene rings is 2. The van der Waals surface area contributed by atoms with Gasteiger partial charge in [-0.25, -0.2) is 4.98 Å². The molecule has 116 valence electrons. The molecule has 2 aromatic carbocycles. The van der Waals surface area contributed by atoms with Crippen molar-refractivity contribution in [2.45, 2.75) is 0 Å². The van der Waals surface area contributed by atoms with Crippen LogP contribution in [0, 0.1) is 0 Å². The third kappa shape index (κ3) is 4.20. The first kappa shape index (κ1) is 15.3. The Morgan fingerprint density at radius 1 is 1.22 bits per heavy atom. The summed E-state index contributed by atoms with van der Waals surface area (Å²) in [5.74, 6) is 1.09. The lowest BCUT2D eigenvalue weighted by molar-refractivity contribution is -0.118. The Balaban J connectivity index is 1.55. The summed E-state index contributed by atoms with van der Waals surface area (Å²) < 4.78 is 11.6. The van der Waals surface area contributed by atoms with Gasteiger partial charge < -0.3 is 14.5 Å². The van der Waals surface area contributed by atoms with Crippen LogP contribution in [-0.2, 0) is 4.79 Å². The minimum atomic E-state index is -0.225. The Bertz CT molecular complexity index is 786. The van der Waals surface area contributed by atoms with Crippen LogP contribution in [0.25, 0.3) is 11.3 Å². The molecular formula is C17H13BrN2O3. The molecule has 0 atom stereocenters. The lowest BCUT2D eigenvalue weighted by atomic mass is 10.2. The summed E-state index contributed by atoms with van der Waals surface area (Å²) in [6, 6.07) is 14.6. The Morgan fingerprint density at radius 2 is 2.04 bits per heavy atom. The number of anilines is 1. The second-order valence-electron chi connectivity index (χ2n) is 4.74. The van der Waals surface area contributed by atoms with Crippen LogP contribution < -0.4 is 10.1 Å².